The molecule has 0 atom stereocenters. The maximum atomic E-state index is 10.7. The fourth-order valence-electron chi connectivity index (χ4n) is 0.338. The molecule has 0 aliphatic rings. The van der Waals surface area contributed by atoms with Crippen molar-refractivity contribution >= 4 is 14.3 Å². The van der Waals surface area contributed by atoms with Gasteiger partial charge in [0.15, 0.2) is 0 Å². The molecule has 2 amide bonds. The quantitative estimate of drug-likeness (QED) is 0.217. The Morgan fingerprint density at radius 3 is 2.46 bits per heavy atom. The van der Waals surface area contributed by atoms with Crippen LogP contribution >= 0.6 is 0 Å². The Morgan fingerprint density at radius 1 is 1.54 bits per heavy atom. The molecular formula is C7H14N2O3Si. The summed E-state index contributed by atoms with van der Waals surface area (Å²) >= 11 is 0. The fraction of sp³-hybridized carbons (Fsp3) is 0.571. The summed E-state index contributed by atoms with van der Waals surface area (Å²) < 4.78 is 5.12. The largest absolute Gasteiger partial charge is 0.500 e. The average Bonchev–Trinajstić information content (AvgIpc) is 1.95. The first-order valence-electron chi connectivity index (χ1n) is 3.73. The molecule has 0 aromatic heterocycles. The second-order valence-electron chi connectivity index (χ2n) is 3.40. The van der Waals surface area contributed by atoms with Crippen molar-refractivity contribution in [1.82, 2.24) is 10.4 Å². The van der Waals surface area contributed by atoms with Gasteiger partial charge in [0.2, 0.25) is 0 Å². The lowest BCUT2D eigenvalue weighted by Gasteiger charge is -2.11. The van der Waals surface area contributed by atoms with E-state index in [1.807, 2.05) is 19.6 Å². The molecule has 0 aliphatic heterocycles. The maximum Gasteiger partial charge on any atom is 0.352 e. The number of nitrogens with zero attached hydrogens (tertiary/aromatic N) is 1. The van der Waals surface area contributed by atoms with Gasteiger partial charge in [-0.15, -0.1) is 0 Å². The zero-order chi connectivity index (χ0) is 10.5. The Labute approximate surface area is 78.8 Å². The van der Waals surface area contributed by atoms with Crippen molar-refractivity contribution in [1.29, 1.82) is 0 Å². The molecule has 0 aliphatic carbocycles. The Bertz CT molecular complexity index is 236. The second-order valence-corrected chi connectivity index (χ2v) is 7.82. The normalized spacial score (nSPS) is 9.62. The summed E-state index contributed by atoms with van der Waals surface area (Å²) in [5.74, 6) is 0. The SMILES string of the molecule is CN(O)C(=O)NC#CO[Si](C)(C)C. The summed E-state index contributed by atoms with van der Waals surface area (Å²) in [6.07, 6.45) is 2.35. The van der Waals surface area contributed by atoms with Crippen molar-refractivity contribution in [3.63, 3.8) is 0 Å². The summed E-state index contributed by atoms with van der Waals surface area (Å²) in [7, 11) is -0.453. The molecule has 2 N–H and O–H groups in total. The summed E-state index contributed by atoms with van der Waals surface area (Å²) in [5, 5.41) is 11.1. The number of hydrogen-bond donors (Lipinski definition) is 2. The predicted octanol–water partition coefficient (Wildman–Crippen LogP) is 0.787. The molecule has 0 heterocycles. The molecule has 13 heavy (non-hydrogen) atoms. The van der Waals surface area contributed by atoms with Crippen LogP contribution in [0, 0.1) is 12.2 Å². The van der Waals surface area contributed by atoms with Gasteiger partial charge < -0.3 is 4.43 Å². The van der Waals surface area contributed by atoms with Crippen LogP contribution in [0.4, 0.5) is 4.79 Å². The van der Waals surface area contributed by atoms with Crippen LogP contribution in [0.15, 0.2) is 0 Å². The molecule has 0 aromatic rings. The first-order valence-corrected chi connectivity index (χ1v) is 7.14. The zero-order valence-electron chi connectivity index (χ0n) is 8.21. The minimum absolute atomic E-state index is 0.406. The monoisotopic (exact) mass is 202 g/mol. The van der Waals surface area contributed by atoms with Gasteiger partial charge in [-0.1, -0.05) is 0 Å². The molecular weight excluding hydrogens is 188 g/mol. The van der Waals surface area contributed by atoms with E-state index in [9.17, 15) is 4.79 Å². The lowest BCUT2D eigenvalue weighted by atomic mass is 10.9. The van der Waals surface area contributed by atoms with Crippen LogP contribution < -0.4 is 5.32 Å². The summed E-state index contributed by atoms with van der Waals surface area (Å²) in [5.41, 5.74) is 0. The lowest BCUT2D eigenvalue weighted by Crippen LogP contribution is -2.32. The van der Waals surface area contributed by atoms with Gasteiger partial charge in [-0.05, 0) is 19.6 Å². The summed E-state index contributed by atoms with van der Waals surface area (Å²) in [4.78, 5) is 10.7. The highest BCUT2D eigenvalue weighted by Gasteiger charge is 2.13. The number of hydrogen-bond acceptors (Lipinski definition) is 3. The van der Waals surface area contributed by atoms with E-state index in [0.29, 0.717) is 5.06 Å². The molecule has 0 rings (SSSR count). The van der Waals surface area contributed by atoms with E-state index in [1.54, 1.807) is 0 Å². The van der Waals surface area contributed by atoms with Crippen LogP contribution in [0.1, 0.15) is 0 Å². The van der Waals surface area contributed by atoms with Gasteiger partial charge in [0.25, 0.3) is 8.32 Å². The predicted molar refractivity (Wildman–Crippen MR) is 50.3 cm³/mol. The second kappa shape index (κ2) is 4.74. The van der Waals surface area contributed by atoms with Crippen LogP contribution in [0.2, 0.25) is 19.6 Å². The molecule has 0 radical (unpaired) electrons. The summed E-state index contributed by atoms with van der Waals surface area (Å²) in [6, 6.07) is 1.60. The van der Waals surface area contributed by atoms with E-state index in [1.165, 1.54) is 7.05 Å². The van der Waals surface area contributed by atoms with Gasteiger partial charge in [0.1, 0.15) is 6.11 Å². The molecule has 0 saturated carbocycles. The average molecular weight is 202 g/mol. The molecule has 0 unspecified atom stereocenters. The molecule has 0 spiro atoms. The minimum Gasteiger partial charge on any atom is -0.500 e. The van der Waals surface area contributed by atoms with Crippen molar-refractivity contribution in [2.24, 2.45) is 0 Å². The number of carbonyl (C=O) groups excluding carboxylic acids is 1. The molecule has 6 heteroatoms. The van der Waals surface area contributed by atoms with Gasteiger partial charge in [-0.3, -0.25) is 10.5 Å². The molecule has 5 nitrogen and oxygen atoms in total. The zero-order valence-corrected chi connectivity index (χ0v) is 9.21. The lowest BCUT2D eigenvalue weighted by molar-refractivity contribution is -0.0165. The third-order valence-corrected chi connectivity index (χ3v) is 1.59. The van der Waals surface area contributed by atoms with Gasteiger partial charge >= 0.3 is 6.03 Å². The van der Waals surface area contributed by atoms with E-state index >= 15 is 0 Å². The first kappa shape index (κ1) is 11.8. The number of nitrogens with one attached hydrogen (secondary N) is 1. The van der Waals surface area contributed by atoms with E-state index in [2.05, 4.69) is 17.5 Å². The standard InChI is InChI=1S/C7H14N2O3Si/c1-9(11)7(10)8-5-6-12-13(2,3)4/h11H,1-4H3,(H,8,10). The number of carbonyl (C=O) groups is 1. The molecule has 0 aromatic carbocycles. The number of rotatable bonds is 1. The molecule has 74 valence electrons. The van der Waals surface area contributed by atoms with Crippen molar-refractivity contribution in [2.45, 2.75) is 19.6 Å². The highest BCUT2D eigenvalue weighted by Crippen LogP contribution is 1.99. The number of urea groups is 1. The van der Waals surface area contributed by atoms with Gasteiger partial charge in [0.05, 0.1) is 6.04 Å². The van der Waals surface area contributed by atoms with Crippen molar-refractivity contribution < 1.29 is 14.4 Å². The van der Waals surface area contributed by atoms with Crippen molar-refractivity contribution in [3.8, 4) is 12.2 Å². The maximum absolute atomic E-state index is 10.7. The van der Waals surface area contributed by atoms with Crippen molar-refractivity contribution in [3.05, 3.63) is 0 Å². The Morgan fingerprint density at radius 2 is 2.08 bits per heavy atom. The van der Waals surface area contributed by atoms with Gasteiger partial charge in [-0.2, -0.15) is 0 Å². The number of hydroxylamine groups is 2. The smallest absolute Gasteiger partial charge is 0.352 e. The van der Waals surface area contributed by atoms with E-state index in [4.69, 9.17) is 9.63 Å². The Balaban J connectivity index is 3.82. The van der Waals surface area contributed by atoms with Gasteiger partial charge in [0, 0.05) is 7.05 Å². The highest BCUT2D eigenvalue weighted by atomic mass is 28.4. The van der Waals surface area contributed by atoms with Crippen LogP contribution in [0.3, 0.4) is 0 Å². The van der Waals surface area contributed by atoms with Crippen LogP contribution in [0.5, 0.6) is 0 Å². The highest BCUT2D eigenvalue weighted by molar-refractivity contribution is 6.70. The number of amides is 2. The summed E-state index contributed by atoms with van der Waals surface area (Å²) in [6.45, 7) is 5.92. The Kier molecular flexibility index (Phi) is 4.31. The van der Waals surface area contributed by atoms with E-state index in [-0.39, 0.29) is 0 Å². The fourth-order valence-corrected chi connectivity index (χ4v) is 0.696. The van der Waals surface area contributed by atoms with Crippen LogP contribution in [0.25, 0.3) is 0 Å². The third kappa shape index (κ3) is 7.18. The Hall–Kier alpha value is -1.19. The van der Waals surface area contributed by atoms with E-state index in [0.717, 1.165) is 0 Å². The molecule has 0 saturated heterocycles. The first-order chi connectivity index (χ1) is 5.83. The van der Waals surface area contributed by atoms with Crippen molar-refractivity contribution in [2.75, 3.05) is 7.05 Å². The van der Waals surface area contributed by atoms with Crippen LogP contribution in [-0.2, 0) is 4.43 Å². The van der Waals surface area contributed by atoms with Crippen LogP contribution in [-0.4, -0.2) is 31.7 Å². The van der Waals surface area contributed by atoms with Gasteiger partial charge in [-0.25, -0.2) is 9.86 Å². The topological polar surface area (TPSA) is 61.8 Å². The molecule has 0 fully saturated rings. The third-order valence-electron chi connectivity index (χ3n) is 0.872. The minimum atomic E-state index is -1.66. The molecule has 0 bridgehead atoms. The van der Waals surface area contributed by atoms with E-state index < -0.39 is 14.3 Å².